The minimum absolute atomic E-state index is 0.867. The maximum atomic E-state index is 5.10. The van der Waals surface area contributed by atoms with Gasteiger partial charge in [-0.3, -0.25) is 0 Å². The minimum Gasteiger partial charge on any atom is -0.313 e. The molecule has 0 heterocycles. The van der Waals surface area contributed by atoms with E-state index in [2.05, 4.69) is 24.7 Å². The molecular weight excluding hydrogens is 134 g/mol. The highest BCUT2D eigenvalue weighted by molar-refractivity contribution is 4.94. The van der Waals surface area contributed by atoms with Gasteiger partial charge in [-0.2, -0.15) is 0 Å². The highest BCUT2D eigenvalue weighted by Gasteiger charge is 1.88. The normalized spacial score (nSPS) is 9.09. The smallest absolute Gasteiger partial charge is 0.0161 e. The highest BCUT2D eigenvalue weighted by Crippen LogP contribution is 1.92. The van der Waals surface area contributed by atoms with Gasteiger partial charge in [0.05, 0.1) is 0 Å². The molecule has 0 aromatic heterocycles. The average molecular weight is 151 g/mol. The van der Waals surface area contributed by atoms with Gasteiger partial charge in [0.25, 0.3) is 0 Å². The largest absolute Gasteiger partial charge is 0.313 e. The fourth-order valence-electron chi connectivity index (χ4n) is 0.706. The van der Waals surface area contributed by atoms with Crippen molar-refractivity contribution in [2.24, 2.45) is 0 Å². The molecule has 1 N–H and O–H groups in total. The third kappa shape index (κ3) is 7.15. The van der Waals surface area contributed by atoms with Crippen LogP contribution in [-0.2, 0) is 0 Å². The summed E-state index contributed by atoms with van der Waals surface area (Å²) in [6.45, 7) is 7.94. The molecular formula is C10H17N. The third-order valence-electron chi connectivity index (χ3n) is 1.55. The Hall–Kier alpha value is -0.740. The molecule has 62 valence electrons. The zero-order valence-corrected chi connectivity index (χ0v) is 7.32. The number of unbranched alkanes of at least 4 members (excludes halogenated alkanes) is 1. The van der Waals surface area contributed by atoms with Gasteiger partial charge in [-0.25, -0.2) is 0 Å². The fourth-order valence-corrected chi connectivity index (χ4v) is 0.706. The second kappa shape index (κ2) is 7.37. The predicted octanol–water partition coefficient (Wildman–Crippen LogP) is 1.96. The van der Waals surface area contributed by atoms with Crippen molar-refractivity contribution >= 4 is 0 Å². The summed E-state index contributed by atoms with van der Waals surface area (Å²) in [5, 5.41) is 3.28. The van der Waals surface area contributed by atoms with Crippen LogP contribution in [0.25, 0.3) is 0 Å². The molecule has 0 aliphatic rings. The summed E-state index contributed by atoms with van der Waals surface area (Å²) < 4.78 is 0. The molecule has 1 nitrogen and oxygen atoms in total. The zero-order chi connectivity index (χ0) is 8.53. The quantitative estimate of drug-likeness (QED) is 0.347. The van der Waals surface area contributed by atoms with Gasteiger partial charge < -0.3 is 5.32 Å². The molecule has 0 aliphatic heterocycles. The Morgan fingerprint density at radius 3 is 2.91 bits per heavy atom. The number of hydrogen-bond donors (Lipinski definition) is 1. The first-order valence-corrected chi connectivity index (χ1v) is 4.12. The van der Waals surface area contributed by atoms with Crippen molar-refractivity contribution in [1.29, 1.82) is 0 Å². The van der Waals surface area contributed by atoms with Crippen LogP contribution in [0.5, 0.6) is 0 Å². The molecule has 0 unspecified atom stereocenters. The molecule has 0 bridgehead atoms. The van der Waals surface area contributed by atoms with E-state index in [0.717, 1.165) is 32.4 Å². The van der Waals surface area contributed by atoms with Crippen LogP contribution in [0, 0.1) is 12.3 Å². The van der Waals surface area contributed by atoms with E-state index in [9.17, 15) is 0 Å². The van der Waals surface area contributed by atoms with E-state index in [-0.39, 0.29) is 0 Å². The van der Waals surface area contributed by atoms with Crippen LogP contribution in [0.1, 0.15) is 26.2 Å². The van der Waals surface area contributed by atoms with Gasteiger partial charge in [-0.15, -0.1) is 12.3 Å². The van der Waals surface area contributed by atoms with Crippen molar-refractivity contribution in [3.05, 3.63) is 12.2 Å². The summed E-state index contributed by atoms with van der Waals surface area (Å²) in [5.41, 5.74) is 1.26. The summed E-state index contributed by atoms with van der Waals surface area (Å²) in [4.78, 5) is 0. The van der Waals surface area contributed by atoms with Gasteiger partial charge in [0.1, 0.15) is 0 Å². The minimum atomic E-state index is 0.867. The first-order chi connectivity index (χ1) is 5.31. The Balaban J connectivity index is 3.03. The Bertz CT molecular complexity index is 141. The molecule has 0 aromatic rings. The van der Waals surface area contributed by atoms with Crippen LogP contribution in [0.4, 0.5) is 0 Å². The lowest BCUT2D eigenvalue weighted by Crippen LogP contribution is -2.17. The maximum Gasteiger partial charge on any atom is 0.0161 e. The van der Waals surface area contributed by atoms with E-state index in [1.54, 1.807) is 0 Å². The Morgan fingerprint density at radius 1 is 1.64 bits per heavy atom. The van der Waals surface area contributed by atoms with Crippen molar-refractivity contribution in [3.8, 4) is 12.3 Å². The molecule has 0 saturated heterocycles. The van der Waals surface area contributed by atoms with Crippen molar-refractivity contribution in [2.75, 3.05) is 13.1 Å². The first kappa shape index (κ1) is 10.3. The SMILES string of the molecule is C#CCCCNCC(=C)CC. The summed E-state index contributed by atoms with van der Waals surface area (Å²) >= 11 is 0. The molecule has 0 fully saturated rings. The molecule has 0 saturated carbocycles. The van der Waals surface area contributed by atoms with E-state index in [4.69, 9.17) is 6.42 Å². The third-order valence-corrected chi connectivity index (χ3v) is 1.55. The molecule has 1 heteroatoms. The molecule has 0 amide bonds. The van der Waals surface area contributed by atoms with Gasteiger partial charge in [-0.1, -0.05) is 19.1 Å². The highest BCUT2D eigenvalue weighted by atomic mass is 14.8. The first-order valence-electron chi connectivity index (χ1n) is 4.12. The van der Waals surface area contributed by atoms with Crippen LogP contribution >= 0.6 is 0 Å². The van der Waals surface area contributed by atoms with Gasteiger partial charge in [0, 0.05) is 13.0 Å². The molecule has 11 heavy (non-hydrogen) atoms. The summed E-state index contributed by atoms with van der Waals surface area (Å²) in [5.74, 6) is 2.61. The molecule has 0 atom stereocenters. The van der Waals surface area contributed by atoms with E-state index in [1.807, 2.05) is 0 Å². The lowest BCUT2D eigenvalue weighted by molar-refractivity contribution is 0.686. The van der Waals surface area contributed by atoms with Crippen LogP contribution in [0.15, 0.2) is 12.2 Å². The van der Waals surface area contributed by atoms with Gasteiger partial charge in [-0.05, 0) is 19.4 Å². The number of hydrogen-bond acceptors (Lipinski definition) is 1. The average Bonchev–Trinajstić information content (AvgIpc) is 2.04. The molecule has 0 aromatic carbocycles. The monoisotopic (exact) mass is 151 g/mol. The standard InChI is InChI=1S/C10H17N/c1-4-6-7-8-11-9-10(3)5-2/h1,11H,3,5-9H2,2H3. The lowest BCUT2D eigenvalue weighted by Gasteiger charge is -2.03. The van der Waals surface area contributed by atoms with Crippen LogP contribution in [0.3, 0.4) is 0 Å². The summed E-state index contributed by atoms with van der Waals surface area (Å²) in [6.07, 6.45) is 8.09. The van der Waals surface area contributed by atoms with Crippen molar-refractivity contribution < 1.29 is 0 Å². The topological polar surface area (TPSA) is 12.0 Å². The van der Waals surface area contributed by atoms with E-state index < -0.39 is 0 Å². The number of nitrogens with one attached hydrogen (secondary N) is 1. The van der Waals surface area contributed by atoms with Gasteiger partial charge in [0.15, 0.2) is 0 Å². The lowest BCUT2D eigenvalue weighted by atomic mass is 10.2. The summed E-state index contributed by atoms with van der Waals surface area (Å²) in [6, 6.07) is 0. The molecule has 0 rings (SSSR count). The summed E-state index contributed by atoms with van der Waals surface area (Å²) in [7, 11) is 0. The Labute approximate surface area is 69.9 Å². The number of rotatable bonds is 6. The van der Waals surface area contributed by atoms with Crippen molar-refractivity contribution in [1.82, 2.24) is 5.32 Å². The van der Waals surface area contributed by atoms with E-state index in [1.165, 1.54) is 5.57 Å². The van der Waals surface area contributed by atoms with Gasteiger partial charge in [0.2, 0.25) is 0 Å². The van der Waals surface area contributed by atoms with Crippen LogP contribution < -0.4 is 5.32 Å². The number of terminal acetylenes is 1. The Morgan fingerprint density at radius 2 is 2.36 bits per heavy atom. The van der Waals surface area contributed by atoms with Crippen molar-refractivity contribution in [2.45, 2.75) is 26.2 Å². The van der Waals surface area contributed by atoms with Crippen LogP contribution in [-0.4, -0.2) is 13.1 Å². The Kier molecular flexibility index (Phi) is 6.87. The molecule has 0 spiro atoms. The zero-order valence-electron chi connectivity index (χ0n) is 7.32. The van der Waals surface area contributed by atoms with E-state index >= 15 is 0 Å². The van der Waals surface area contributed by atoms with Gasteiger partial charge >= 0.3 is 0 Å². The second-order valence-corrected chi connectivity index (χ2v) is 2.59. The van der Waals surface area contributed by atoms with Crippen molar-refractivity contribution in [3.63, 3.8) is 0 Å². The maximum absolute atomic E-state index is 5.10. The second-order valence-electron chi connectivity index (χ2n) is 2.59. The van der Waals surface area contributed by atoms with E-state index in [0.29, 0.717) is 0 Å². The molecule has 0 radical (unpaired) electrons. The fraction of sp³-hybridized carbons (Fsp3) is 0.600. The van der Waals surface area contributed by atoms with Crippen LogP contribution in [0.2, 0.25) is 0 Å². The molecule has 0 aliphatic carbocycles. The predicted molar refractivity (Wildman–Crippen MR) is 50.4 cm³/mol.